The van der Waals surface area contributed by atoms with Crippen molar-refractivity contribution in [3.63, 3.8) is 0 Å². The molecule has 5 heteroatoms. The first-order valence-electron chi connectivity index (χ1n) is 6.37. The zero-order valence-electron chi connectivity index (χ0n) is 10.3. The predicted octanol–water partition coefficient (Wildman–Crippen LogP) is 2.25. The van der Waals surface area contributed by atoms with E-state index in [4.69, 9.17) is 0 Å². The van der Waals surface area contributed by atoms with Crippen molar-refractivity contribution >= 4 is 10.0 Å². The second-order valence-electron chi connectivity index (χ2n) is 4.82. The summed E-state index contributed by atoms with van der Waals surface area (Å²) in [7, 11) is -3.59. The molecule has 1 saturated carbocycles. The van der Waals surface area contributed by atoms with Crippen LogP contribution in [0.15, 0.2) is 29.2 Å². The molecule has 2 rings (SSSR count). The van der Waals surface area contributed by atoms with Crippen molar-refractivity contribution in [3.8, 4) is 5.75 Å². The van der Waals surface area contributed by atoms with Crippen LogP contribution in [0.25, 0.3) is 0 Å². The number of hydrogen-bond acceptors (Lipinski definition) is 3. The van der Waals surface area contributed by atoms with Crippen molar-refractivity contribution in [2.75, 3.05) is 6.54 Å². The smallest absolute Gasteiger partial charge is 0.244 e. The number of hydrogen-bond donors (Lipinski definition) is 2. The van der Waals surface area contributed by atoms with Gasteiger partial charge in [-0.25, -0.2) is 13.1 Å². The summed E-state index contributed by atoms with van der Waals surface area (Å²) in [5, 5.41) is 9.56. The largest absolute Gasteiger partial charge is 0.507 e. The molecule has 0 radical (unpaired) electrons. The van der Waals surface area contributed by atoms with Gasteiger partial charge in [0.2, 0.25) is 10.0 Å². The number of sulfonamides is 1. The molecule has 100 valence electrons. The maximum atomic E-state index is 12.0. The average molecular weight is 269 g/mol. The standard InChI is InChI=1S/C13H19NO3S/c15-12-8-4-5-9-13(12)18(16,17)14-10-11-6-2-1-3-7-11/h4-5,8-9,11,14-15H,1-3,6-7,10H2. The van der Waals surface area contributed by atoms with Crippen LogP contribution in [0.1, 0.15) is 32.1 Å². The van der Waals surface area contributed by atoms with Crippen LogP contribution in [-0.4, -0.2) is 20.1 Å². The molecule has 0 heterocycles. The molecular formula is C13H19NO3S. The van der Waals surface area contributed by atoms with Crippen LogP contribution in [0.5, 0.6) is 5.75 Å². The summed E-state index contributed by atoms with van der Waals surface area (Å²) in [6.07, 6.45) is 5.79. The van der Waals surface area contributed by atoms with Crippen molar-refractivity contribution in [3.05, 3.63) is 24.3 Å². The summed E-state index contributed by atoms with van der Waals surface area (Å²) in [5.74, 6) is 0.230. The number of phenols is 1. The fraction of sp³-hybridized carbons (Fsp3) is 0.538. The van der Waals surface area contributed by atoms with E-state index >= 15 is 0 Å². The minimum absolute atomic E-state index is 0.0409. The van der Waals surface area contributed by atoms with Gasteiger partial charge in [-0.3, -0.25) is 0 Å². The third-order valence-corrected chi connectivity index (χ3v) is 4.91. The lowest BCUT2D eigenvalue weighted by molar-refractivity contribution is 0.357. The van der Waals surface area contributed by atoms with Gasteiger partial charge in [0.1, 0.15) is 10.6 Å². The molecule has 0 aromatic heterocycles. The van der Waals surface area contributed by atoms with Gasteiger partial charge in [-0.2, -0.15) is 0 Å². The maximum Gasteiger partial charge on any atom is 0.244 e. The predicted molar refractivity (Wildman–Crippen MR) is 69.9 cm³/mol. The Bertz CT molecular complexity index is 493. The number of benzene rings is 1. The highest BCUT2D eigenvalue weighted by Crippen LogP contribution is 2.25. The van der Waals surface area contributed by atoms with E-state index in [0.717, 1.165) is 12.8 Å². The third-order valence-electron chi connectivity index (χ3n) is 3.44. The van der Waals surface area contributed by atoms with Gasteiger partial charge in [-0.05, 0) is 30.9 Å². The Morgan fingerprint density at radius 2 is 1.83 bits per heavy atom. The average Bonchev–Trinajstić information content (AvgIpc) is 2.38. The first-order chi connectivity index (χ1) is 8.59. The second kappa shape index (κ2) is 5.71. The Morgan fingerprint density at radius 1 is 1.17 bits per heavy atom. The van der Waals surface area contributed by atoms with Gasteiger partial charge >= 0.3 is 0 Å². The summed E-state index contributed by atoms with van der Waals surface area (Å²) < 4.78 is 26.6. The van der Waals surface area contributed by atoms with Gasteiger partial charge in [0.15, 0.2) is 0 Å². The highest BCUT2D eigenvalue weighted by atomic mass is 32.2. The molecule has 0 unspecified atom stereocenters. The number of para-hydroxylation sites is 1. The Labute approximate surface area is 108 Å². The Hall–Kier alpha value is -1.07. The second-order valence-corrected chi connectivity index (χ2v) is 6.56. The quantitative estimate of drug-likeness (QED) is 0.881. The highest BCUT2D eigenvalue weighted by molar-refractivity contribution is 7.89. The molecule has 0 saturated heterocycles. The lowest BCUT2D eigenvalue weighted by atomic mass is 9.90. The van der Waals surface area contributed by atoms with Gasteiger partial charge in [-0.15, -0.1) is 0 Å². The van der Waals surface area contributed by atoms with Crippen molar-refractivity contribution in [1.29, 1.82) is 0 Å². The number of rotatable bonds is 4. The molecule has 0 bridgehead atoms. The van der Waals surface area contributed by atoms with Gasteiger partial charge in [0.05, 0.1) is 0 Å². The lowest BCUT2D eigenvalue weighted by Gasteiger charge is -2.21. The van der Waals surface area contributed by atoms with Crippen LogP contribution >= 0.6 is 0 Å². The van der Waals surface area contributed by atoms with E-state index in [0.29, 0.717) is 12.5 Å². The Morgan fingerprint density at radius 3 is 2.50 bits per heavy atom. The molecule has 1 fully saturated rings. The van der Waals surface area contributed by atoms with Crippen molar-refractivity contribution in [1.82, 2.24) is 4.72 Å². The Kier molecular flexibility index (Phi) is 4.24. The summed E-state index contributed by atoms with van der Waals surface area (Å²) >= 11 is 0. The minimum atomic E-state index is -3.59. The normalized spacial score (nSPS) is 17.8. The number of aromatic hydroxyl groups is 1. The molecule has 2 N–H and O–H groups in total. The molecule has 0 spiro atoms. The van der Waals surface area contributed by atoms with E-state index in [2.05, 4.69) is 4.72 Å². The minimum Gasteiger partial charge on any atom is -0.507 e. The third kappa shape index (κ3) is 3.23. The first-order valence-corrected chi connectivity index (χ1v) is 7.85. The zero-order valence-corrected chi connectivity index (χ0v) is 11.1. The van der Waals surface area contributed by atoms with E-state index in [1.807, 2.05) is 0 Å². The molecule has 0 amide bonds. The van der Waals surface area contributed by atoms with Crippen LogP contribution < -0.4 is 4.72 Å². The summed E-state index contributed by atoms with van der Waals surface area (Å²) in [5.41, 5.74) is 0. The van der Waals surface area contributed by atoms with E-state index in [9.17, 15) is 13.5 Å². The van der Waals surface area contributed by atoms with E-state index < -0.39 is 10.0 Å². The number of phenolic OH excluding ortho intramolecular Hbond substituents is 1. The highest BCUT2D eigenvalue weighted by Gasteiger charge is 2.20. The molecule has 0 atom stereocenters. The molecular weight excluding hydrogens is 250 g/mol. The van der Waals surface area contributed by atoms with Crippen LogP contribution in [0, 0.1) is 5.92 Å². The van der Waals surface area contributed by atoms with Crippen molar-refractivity contribution in [2.24, 2.45) is 5.92 Å². The van der Waals surface area contributed by atoms with Crippen molar-refractivity contribution < 1.29 is 13.5 Å². The molecule has 1 aliphatic carbocycles. The molecule has 1 aromatic rings. The van der Waals surface area contributed by atoms with Crippen LogP contribution in [0.2, 0.25) is 0 Å². The maximum absolute atomic E-state index is 12.0. The summed E-state index contributed by atoms with van der Waals surface area (Å²) in [4.78, 5) is -0.0409. The van der Waals surface area contributed by atoms with E-state index in [1.54, 1.807) is 12.1 Å². The Balaban J connectivity index is 2.01. The molecule has 1 aromatic carbocycles. The monoisotopic (exact) mass is 269 g/mol. The SMILES string of the molecule is O=S(=O)(NCC1CCCCC1)c1ccccc1O. The molecule has 1 aliphatic rings. The summed E-state index contributed by atoms with van der Waals surface area (Å²) in [6.45, 7) is 0.469. The van der Waals surface area contributed by atoms with Gasteiger partial charge in [-0.1, -0.05) is 31.4 Å². The van der Waals surface area contributed by atoms with Gasteiger partial charge in [0, 0.05) is 6.54 Å². The first kappa shape index (κ1) is 13.4. The number of nitrogens with one attached hydrogen (secondary N) is 1. The van der Waals surface area contributed by atoms with E-state index in [-0.39, 0.29) is 10.6 Å². The molecule has 4 nitrogen and oxygen atoms in total. The van der Waals surface area contributed by atoms with Gasteiger partial charge < -0.3 is 5.11 Å². The molecule has 0 aliphatic heterocycles. The molecule has 18 heavy (non-hydrogen) atoms. The lowest BCUT2D eigenvalue weighted by Crippen LogP contribution is -2.30. The van der Waals surface area contributed by atoms with Crippen LogP contribution in [0.3, 0.4) is 0 Å². The fourth-order valence-electron chi connectivity index (χ4n) is 2.38. The van der Waals surface area contributed by atoms with Gasteiger partial charge in [0.25, 0.3) is 0 Å². The zero-order chi connectivity index (χ0) is 13.0. The summed E-state index contributed by atoms with van der Waals surface area (Å²) in [6, 6.07) is 6.01. The fourth-order valence-corrected chi connectivity index (χ4v) is 3.59. The van der Waals surface area contributed by atoms with Crippen LogP contribution in [-0.2, 0) is 10.0 Å². The van der Waals surface area contributed by atoms with Crippen molar-refractivity contribution in [2.45, 2.75) is 37.0 Å². The van der Waals surface area contributed by atoms with Crippen LogP contribution in [0.4, 0.5) is 0 Å². The topological polar surface area (TPSA) is 66.4 Å². The van der Waals surface area contributed by atoms with E-state index in [1.165, 1.54) is 31.4 Å².